The van der Waals surface area contributed by atoms with E-state index in [1.807, 2.05) is 0 Å². The molecular weight excluding hydrogens is 319 g/mol. The van der Waals surface area contributed by atoms with Gasteiger partial charge in [0.25, 0.3) is 5.91 Å². The minimum atomic E-state index is -0.493. The molecule has 2 N–H and O–H groups in total. The Labute approximate surface area is 139 Å². The van der Waals surface area contributed by atoms with Crippen molar-refractivity contribution in [2.45, 2.75) is 26.2 Å². The van der Waals surface area contributed by atoms with Crippen molar-refractivity contribution in [3.05, 3.63) is 47.1 Å². The van der Waals surface area contributed by atoms with Crippen LogP contribution in [-0.2, 0) is 0 Å². The Morgan fingerprint density at radius 1 is 1.26 bits per heavy atom. The molecule has 7 heteroatoms. The van der Waals surface area contributed by atoms with Crippen molar-refractivity contribution in [2.75, 3.05) is 11.9 Å². The molecule has 1 amide bonds. The Kier molecular flexibility index (Phi) is 6.29. The van der Waals surface area contributed by atoms with Gasteiger partial charge in [-0.15, -0.1) is 0 Å². The molecule has 0 aliphatic carbocycles. The summed E-state index contributed by atoms with van der Waals surface area (Å²) < 4.78 is 13.1. The molecule has 5 nitrogen and oxygen atoms in total. The van der Waals surface area contributed by atoms with Gasteiger partial charge in [0.05, 0.1) is 5.02 Å². The first-order valence-electron chi connectivity index (χ1n) is 7.42. The molecule has 0 atom stereocenters. The normalized spacial score (nSPS) is 10.4. The third-order valence-corrected chi connectivity index (χ3v) is 3.45. The van der Waals surface area contributed by atoms with E-state index in [0.29, 0.717) is 18.1 Å². The summed E-state index contributed by atoms with van der Waals surface area (Å²) >= 11 is 5.73. The van der Waals surface area contributed by atoms with Crippen LogP contribution in [0, 0.1) is 5.82 Å². The number of amides is 1. The van der Waals surface area contributed by atoms with Gasteiger partial charge in [-0.1, -0.05) is 31.4 Å². The van der Waals surface area contributed by atoms with E-state index in [4.69, 9.17) is 11.6 Å². The number of carbonyl (C=O) groups is 1. The predicted molar refractivity (Wildman–Crippen MR) is 88.6 cm³/mol. The summed E-state index contributed by atoms with van der Waals surface area (Å²) in [5, 5.41) is 5.79. The molecule has 1 heterocycles. The molecule has 0 radical (unpaired) electrons. The van der Waals surface area contributed by atoms with Crippen LogP contribution in [0.25, 0.3) is 0 Å². The highest BCUT2D eigenvalue weighted by Gasteiger charge is 2.09. The third-order valence-electron chi connectivity index (χ3n) is 3.16. The van der Waals surface area contributed by atoms with Crippen LogP contribution in [0.1, 0.15) is 36.7 Å². The van der Waals surface area contributed by atoms with Gasteiger partial charge in [-0.3, -0.25) is 4.79 Å². The molecular formula is C16H18ClFN4O. The minimum Gasteiger partial charge on any atom is -0.351 e. The molecule has 0 bridgehead atoms. The number of hydrogen-bond acceptors (Lipinski definition) is 4. The molecule has 1 aromatic carbocycles. The van der Waals surface area contributed by atoms with Crippen molar-refractivity contribution >= 4 is 29.0 Å². The molecule has 23 heavy (non-hydrogen) atoms. The van der Waals surface area contributed by atoms with Gasteiger partial charge in [-0.2, -0.15) is 0 Å². The smallest absolute Gasteiger partial charge is 0.270 e. The lowest BCUT2D eigenvalue weighted by molar-refractivity contribution is 0.0948. The number of carbonyl (C=O) groups excluding carboxylic acids is 1. The highest BCUT2D eigenvalue weighted by atomic mass is 35.5. The van der Waals surface area contributed by atoms with Crippen LogP contribution in [0.2, 0.25) is 5.02 Å². The number of nitrogens with one attached hydrogen (secondary N) is 2. The molecule has 0 saturated carbocycles. The monoisotopic (exact) mass is 336 g/mol. The molecule has 1 aromatic heterocycles. The second-order valence-electron chi connectivity index (χ2n) is 5.01. The zero-order valence-electron chi connectivity index (χ0n) is 12.8. The largest absolute Gasteiger partial charge is 0.351 e. The third kappa shape index (κ3) is 5.17. The van der Waals surface area contributed by atoms with Crippen LogP contribution in [0.3, 0.4) is 0 Å². The van der Waals surface area contributed by atoms with Gasteiger partial charge in [0.1, 0.15) is 23.7 Å². The fourth-order valence-electron chi connectivity index (χ4n) is 1.94. The Balaban J connectivity index is 2.01. The second kappa shape index (κ2) is 8.43. The van der Waals surface area contributed by atoms with E-state index in [2.05, 4.69) is 27.5 Å². The van der Waals surface area contributed by atoms with Gasteiger partial charge in [0.2, 0.25) is 0 Å². The molecule has 0 saturated heterocycles. The van der Waals surface area contributed by atoms with Gasteiger partial charge in [0.15, 0.2) is 0 Å². The number of halogens is 2. The Hall–Kier alpha value is -2.21. The summed E-state index contributed by atoms with van der Waals surface area (Å²) in [6.45, 7) is 2.72. The Morgan fingerprint density at radius 3 is 2.83 bits per heavy atom. The first-order chi connectivity index (χ1) is 11.1. The number of benzene rings is 1. The average molecular weight is 337 g/mol. The molecule has 0 fully saturated rings. The molecule has 0 unspecified atom stereocenters. The molecule has 122 valence electrons. The van der Waals surface area contributed by atoms with Crippen LogP contribution in [0.4, 0.5) is 15.9 Å². The van der Waals surface area contributed by atoms with Crippen LogP contribution in [0.15, 0.2) is 30.6 Å². The molecule has 2 aromatic rings. The van der Waals surface area contributed by atoms with E-state index in [0.717, 1.165) is 19.3 Å². The minimum absolute atomic E-state index is 0.0120. The number of unbranched alkanes of at least 4 members (excludes halogenated alkanes) is 2. The standard InChI is InChI=1S/C16H18ClFN4O/c1-2-3-4-7-19-16(23)14-9-15(21-10-20-14)22-11-5-6-13(18)12(17)8-11/h5-6,8-10H,2-4,7H2,1H3,(H,19,23)(H,20,21,22). The number of rotatable bonds is 7. The van der Waals surface area contributed by atoms with E-state index in [1.165, 1.54) is 30.6 Å². The first kappa shape index (κ1) is 17.1. The van der Waals surface area contributed by atoms with Crippen molar-refractivity contribution in [3.63, 3.8) is 0 Å². The lowest BCUT2D eigenvalue weighted by Crippen LogP contribution is -2.25. The lowest BCUT2D eigenvalue weighted by atomic mass is 10.2. The Morgan fingerprint density at radius 2 is 2.09 bits per heavy atom. The SMILES string of the molecule is CCCCCNC(=O)c1cc(Nc2ccc(F)c(Cl)c2)ncn1. The maximum atomic E-state index is 13.1. The number of hydrogen-bond donors (Lipinski definition) is 2. The number of aromatic nitrogens is 2. The van der Waals surface area contributed by atoms with Gasteiger partial charge >= 0.3 is 0 Å². The zero-order valence-corrected chi connectivity index (χ0v) is 13.5. The van der Waals surface area contributed by atoms with E-state index < -0.39 is 5.82 Å². The van der Waals surface area contributed by atoms with Crippen LogP contribution < -0.4 is 10.6 Å². The average Bonchev–Trinajstić information content (AvgIpc) is 2.55. The van der Waals surface area contributed by atoms with Crippen molar-refractivity contribution in [3.8, 4) is 0 Å². The highest BCUT2D eigenvalue weighted by molar-refractivity contribution is 6.31. The summed E-state index contributed by atoms with van der Waals surface area (Å²) in [6, 6.07) is 5.77. The van der Waals surface area contributed by atoms with E-state index in [1.54, 1.807) is 0 Å². The van der Waals surface area contributed by atoms with Gasteiger partial charge in [-0.25, -0.2) is 14.4 Å². The van der Waals surface area contributed by atoms with Crippen molar-refractivity contribution < 1.29 is 9.18 Å². The summed E-state index contributed by atoms with van der Waals surface area (Å²) in [5.41, 5.74) is 0.844. The number of anilines is 2. The topological polar surface area (TPSA) is 66.9 Å². The van der Waals surface area contributed by atoms with Gasteiger partial charge in [0, 0.05) is 18.3 Å². The fraction of sp³-hybridized carbons (Fsp3) is 0.312. The van der Waals surface area contributed by atoms with Crippen molar-refractivity contribution in [2.24, 2.45) is 0 Å². The summed E-state index contributed by atoms with van der Waals surface area (Å²) in [6.07, 6.45) is 4.40. The molecule has 2 rings (SSSR count). The maximum absolute atomic E-state index is 13.1. The maximum Gasteiger partial charge on any atom is 0.270 e. The van der Waals surface area contributed by atoms with Gasteiger partial charge < -0.3 is 10.6 Å². The van der Waals surface area contributed by atoms with Gasteiger partial charge in [-0.05, 0) is 24.6 Å². The van der Waals surface area contributed by atoms with Crippen molar-refractivity contribution in [1.82, 2.24) is 15.3 Å². The van der Waals surface area contributed by atoms with E-state index in [-0.39, 0.29) is 16.6 Å². The molecule has 0 spiro atoms. The highest BCUT2D eigenvalue weighted by Crippen LogP contribution is 2.21. The quantitative estimate of drug-likeness (QED) is 0.752. The predicted octanol–water partition coefficient (Wildman–Crippen LogP) is 3.93. The van der Waals surface area contributed by atoms with Crippen LogP contribution in [-0.4, -0.2) is 22.4 Å². The molecule has 0 aliphatic rings. The second-order valence-corrected chi connectivity index (χ2v) is 5.41. The fourth-order valence-corrected chi connectivity index (χ4v) is 2.12. The molecule has 0 aliphatic heterocycles. The van der Waals surface area contributed by atoms with Crippen molar-refractivity contribution in [1.29, 1.82) is 0 Å². The summed E-state index contributed by atoms with van der Waals surface area (Å²) in [7, 11) is 0. The zero-order chi connectivity index (χ0) is 16.7. The first-order valence-corrected chi connectivity index (χ1v) is 7.80. The van der Waals surface area contributed by atoms with Crippen LogP contribution >= 0.6 is 11.6 Å². The van der Waals surface area contributed by atoms with E-state index >= 15 is 0 Å². The van der Waals surface area contributed by atoms with Crippen LogP contribution in [0.5, 0.6) is 0 Å². The Bertz CT molecular complexity index is 681. The summed E-state index contributed by atoms with van der Waals surface area (Å²) in [5.74, 6) is -0.308. The number of nitrogens with zero attached hydrogens (tertiary/aromatic N) is 2. The lowest BCUT2D eigenvalue weighted by Gasteiger charge is -2.08. The summed E-state index contributed by atoms with van der Waals surface area (Å²) in [4.78, 5) is 20.0. The van der Waals surface area contributed by atoms with E-state index in [9.17, 15) is 9.18 Å².